The first-order valence-electron chi connectivity index (χ1n) is 17.8. The standard InChI is InChI=1S/2C18H18BN2O7.2Na/c2*22-17(12-2-1-7-20-8-12)21-9-13(10-21)27-14-4-3-11-5-6-19(25,26)28-16(11)15(14)18(23)24;;/h2*1-4,7-8,13,25-26H,5-6,9-10H2,(H,23,24);;/q2*-1;2*+1. The first kappa shape index (κ1) is 44.9. The normalized spacial score (nSPS) is 17.2. The zero-order valence-electron chi connectivity index (χ0n) is 31.6. The van der Waals surface area contributed by atoms with Crippen LogP contribution in [-0.2, 0) is 12.8 Å². The van der Waals surface area contributed by atoms with E-state index >= 15 is 0 Å². The van der Waals surface area contributed by atoms with Crippen molar-refractivity contribution in [3.63, 3.8) is 0 Å². The van der Waals surface area contributed by atoms with Crippen LogP contribution in [0.1, 0.15) is 52.6 Å². The van der Waals surface area contributed by atoms with E-state index in [1.54, 1.807) is 58.6 Å². The van der Waals surface area contributed by atoms with Crippen molar-refractivity contribution in [1.82, 2.24) is 19.8 Å². The predicted molar refractivity (Wildman–Crippen MR) is 195 cm³/mol. The van der Waals surface area contributed by atoms with E-state index < -0.39 is 25.4 Å². The molecule has 0 aliphatic carbocycles. The Labute approximate surface area is 375 Å². The number of carbonyl (C=O) groups excluding carboxylic acids is 2. The first-order valence-corrected chi connectivity index (χ1v) is 17.8. The number of hydrogen-bond donors (Lipinski definition) is 6. The molecule has 4 aliphatic heterocycles. The number of rotatable bonds is 8. The number of aryl methyl sites for hydroxylation is 2. The molecule has 0 bridgehead atoms. The molecule has 6 N–H and O–H groups in total. The van der Waals surface area contributed by atoms with Gasteiger partial charge in [0.1, 0.15) is 34.8 Å². The molecule has 6 heterocycles. The Morgan fingerprint density at radius 2 is 1.00 bits per heavy atom. The van der Waals surface area contributed by atoms with Gasteiger partial charge < -0.3 is 58.9 Å². The van der Waals surface area contributed by atoms with E-state index in [2.05, 4.69) is 9.97 Å². The third kappa shape index (κ3) is 9.96. The van der Waals surface area contributed by atoms with Crippen molar-refractivity contribution in [3.05, 3.63) is 107 Å². The van der Waals surface area contributed by atoms with Crippen molar-refractivity contribution in [3.8, 4) is 23.0 Å². The zero-order valence-corrected chi connectivity index (χ0v) is 35.6. The van der Waals surface area contributed by atoms with Crippen molar-refractivity contribution in [2.75, 3.05) is 26.2 Å². The number of aromatic carboxylic acids is 2. The number of pyridine rings is 2. The van der Waals surface area contributed by atoms with E-state index in [1.807, 2.05) is 0 Å². The second kappa shape index (κ2) is 18.4. The second-order valence-electron chi connectivity index (χ2n) is 13.9. The average molecular weight is 816 g/mol. The number of aromatic nitrogens is 2. The van der Waals surface area contributed by atoms with E-state index in [0.29, 0.717) is 61.3 Å². The molecule has 2 aromatic heterocycles. The van der Waals surface area contributed by atoms with Gasteiger partial charge in [-0.15, -0.1) is 0 Å². The molecule has 2 aromatic carbocycles. The number of benzene rings is 2. The van der Waals surface area contributed by atoms with Gasteiger partial charge in [-0.1, -0.05) is 24.8 Å². The number of nitrogens with zero attached hydrogens (tertiary/aromatic N) is 4. The number of hydrogen-bond acceptors (Lipinski definition) is 14. The number of ether oxygens (including phenoxy) is 2. The third-order valence-corrected chi connectivity index (χ3v) is 9.70. The summed E-state index contributed by atoms with van der Waals surface area (Å²) in [7, 11) is 0. The summed E-state index contributed by atoms with van der Waals surface area (Å²) < 4.78 is 21.8. The van der Waals surface area contributed by atoms with Crippen LogP contribution in [0.25, 0.3) is 0 Å². The van der Waals surface area contributed by atoms with Crippen LogP contribution in [0.2, 0.25) is 12.6 Å². The summed E-state index contributed by atoms with van der Waals surface area (Å²) in [6.07, 6.45) is 5.96. The molecule has 2 amide bonds. The summed E-state index contributed by atoms with van der Waals surface area (Å²) in [5.41, 5.74) is 1.60. The van der Waals surface area contributed by atoms with Crippen LogP contribution in [0.5, 0.6) is 23.0 Å². The van der Waals surface area contributed by atoms with E-state index in [1.165, 1.54) is 24.5 Å². The third-order valence-electron chi connectivity index (χ3n) is 9.70. The molecule has 8 rings (SSSR count). The molecule has 18 nitrogen and oxygen atoms in total. The molecule has 22 heteroatoms. The maximum absolute atomic E-state index is 12.3. The van der Waals surface area contributed by atoms with Gasteiger partial charge in [0.25, 0.3) is 11.8 Å². The van der Waals surface area contributed by atoms with E-state index in [-0.39, 0.29) is 130 Å². The van der Waals surface area contributed by atoms with Crippen molar-refractivity contribution in [2.24, 2.45) is 0 Å². The predicted octanol–water partition coefficient (Wildman–Crippen LogP) is -4.91. The fourth-order valence-corrected chi connectivity index (χ4v) is 6.72. The number of fused-ring (bicyclic) bond motifs is 2. The molecule has 2 fully saturated rings. The van der Waals surface area contributed by atoms with E-state index in [4.69, 9.17) is 18.8 Å². The van der Waals surface area contributed by atoms with Crippen molar-refractivity contribution in [1.29, 1.82) is 0 Å². The minimum Gasteiger partial charge on any atom is -0.669 e. The van der Waals surface area contributed by atoms with Gasteiger partial charge in [0, 0.05) is 24.8 Å². The van der Waals surface area contributed by atoms with Gasteiger partial charge in [0.05, 0.1) is 48.8 Å². The van der Waals surface area contributed by atoms with Crippen molar-refractivity contribution in [2.45, 2.75) is 37.7 Å². The fraction of sp³-hybridized carbons (Fsp3) is 0.278. The maximum Gasteiger partial charge on any atom is 1.00 e. The molecule has 2 saturated heterocycles. The molecule has 58 heavy (non-hydrogen) atoms. The Kier molecular flexibility index (Phi) is 14.2. The quantitative estimate of drug-likeness (QED) is 0.0912. The SMILES string of the molecule is O=C(O)c1c(OC2CN(C(=O)c3cccnc3)C2)ccc2c1O[B-](O)(O)CC2.O=C(O)c1c(OC2CN(C(=O)c3cccnc3)C2)ccc2c1O[B-](O)(O)CC2.[Na+].[Na+]. The first-order chi connectivity index (χ1) is 26.7. The summed E-state index contributed by atoms with van der Waals surface area (Å²) in [4.78, 5) is 59.2. The fourth-order valence-electron chi connectivity index (χ4n) is 6.72. The zero-order chi connectivity index (χ0) is 39.8. The molecule has 0 spiro atoms. The summed E-state index contributed by atoms with van der Waals surface area (Å²) in [6, 6.07) is 13.1. The molecule has 4 aromatic rings. The van der Waals surface area contributed by atoms with E-state index in [0.717, 1.165) is 0 Å². The van der Waals surface area contributed by atoms with Gasteiger partial charge in [-0.3, -0.25) is 19.6 Å². The second-order valence-corrected chi connectivity index (χ2v) is 13.9. The van der Waals surface area contributed by atoms with Crippen LogP contribution in [0.4, 0.5) is 0 Å². The average Bonchev–Trinajstić information content (AvgIpc) is 3.13. The van der Waals surface area contributed by atoms with Gasteiger partial charge in [-0.25, -0.2) is 9.59 Å². The Bertz CT molecular complexity index is 2020. The number of carboxylic acid groups (broad SMARTS) is 2. The summed E-state index contributed by atoms with van der Waals surface area (Å²) in [6.45, 7) is -4.97. The van der Waals surface area contributed by atoms with E-state index in [9.17, 15) is 49.5 Å². The molecule has 292 valence electrons. The van der Waals surface area contributed by atoms with Crippen LogP contribution in [0, 0.1) is 0 Å². The maximum atomic E-state index is 12.3. The molecule has 0 unspecified atom stereocenters. The summed E-state index contributed by atoms with van der Waals surface area (Å²) in [5, 5.41) is 58.3. The molecular weight excluding hydrogens is 780 g/mol. The molecule has 0 saturated carbocycles. The summed E-state index contributed by atoms with van der Waals surface area (Å²) >= 11 is 0. The van der Waals surface area contributed by atoms with Crippen LogP contribution >= 0.6 is 0 Å². The minimum atomic E-state index is -3.09. The Morgan fingerprint density at radius 1 is 0.621 bits per heavy atom. The number of carbonyl (C=O) groups is 4. The van der Waals surface area contributed by atoms with Crippen LogP contribution in [-0.4, -0.2) is 126 Å². The van der Waals surface area contributed by atoms with Gasteiger partial charge in [-0.2, -0.15) is 0 Å². The Morgan fingerprint density at radius 3 is 1.33 bits per heavy atom. The topological polar surface area (TPSA) is 259 Å². The van der Waals surface area contributed by atoms with Gasteiger partial charge >= 0.3 is 84.6 Å². The largest absolute Gasteiger partial charge is 1.00 e. The number of carboxylic acids is 2. The number of likely N-dealkylation sites (tertiary alicyclic amines) is 2. The van der Waals surface area contributed by atoms with Crippen LogP contribution < -0.4 is 77.9 Å². The molecule has 4 aliphatic rings. The number of amides is 2. The minimum absolute atomic E-state index is 0. The van der Waals surface area contributed by atoms with Gasteiger partial charge in [-0.05, 0) is 60.4 Å². The Hall–Kier alpha value is -4.21. The van der Waals surface area contributed by atoms with Crippen molar-refractivity contribution < 1.29 is 127 Å². The Balaban J connectivity index is 0.000000214. The van der Waals surface area contributed by atoms with Crippen molar-refractivity contribution >= 4 is 37.3 Å². The van der Waals surface area contributed by atoms with Crippen LogP contribution in [0.15, 0.2) is 73.3 Å². The summed E-state index contributed by atoms with van der Waals surface area (Å²) in [5.74, 6) is -2.95. The van der Waals surface area contributed by atoms with Crippen LogP contribution in [0.3, 0.4) is 0 Å². The smallest absolute Gasteiger partial charge is 0.669 e. The molecular formula is C36H36B2N4Na2O14. The monoisotopic (exact) mass is 816 g/mol. The molecule has 0 radical (unpaired) electrons. The van der Waals surface area contributed by atoms with Gasteiger partial charge in [0.2, 0.25) is 0 Å². The molecule has 0 atom stereocenters. The van der Waals surface area contributed by atoms with Gasteiger partial charge in [0.15, 0.2) is 0 Å².